The topological polar surface area (TPSA) is 76.5 Å². The molecule has 0 unspecified atom stereocenters. The first-order chi connectivity index (χ1) is 10.1. The zero-order chi connectivity index (χ0) is 15.2. The van der Waals surface area contributed by atoms with Crippen LogP contribution in [-0.2, 0) is 4.79 Å². The molecule has 0 fully saturated rings. The van der Waals surface area contributed by atoms with Crippen molar-refractivity contribution in [2.24, 2.45) is 0 Å². The maximum atomic E-state index is 12.2. The summed E-state index contributed by atoms with van der Waals surface area (Å²) in [6, 6.07) is 9.87. The van der Waals surface area contributed by atoms with Crippen molar-refractivity contribution in [2.45, 2.75) is 0 Å². The third kappa shape index (κ3) is 3.54. The maximum absolute atomic E-state index is 12.2. The Hall–Kier alpha value is -2.95. The van der Waals surface area contributed by atoms with Gasteiger partial charge in [-0.3, -0.25) is 9.78 Å². The predicted molar refractivity (Wildman–Crippen MR) is 77.2 cm³/mol. The normalized spacial score (nSPS) is 11.0. The van der Waals surface area contributed by atoms with Gasteiger partial charge in [0.05, 0.1) is 13.3 Å². The number of methoxy groups -OCH3 is 1. The number of Topliss-reactive ketones (excluding diaryl/α,β-unsaturated/α-hetero) is 1. The van der Waals surface area contributed by atoms with E-state index < -0.39 is 11.8 Å². The Balaban J connectivity index is 2.41. The number of aliphatic carboxylic acids is 1. The van der Waals surface area contributed by atoms with Crippen LogP contribution in [0.2, 0.25) is 0 Å². The van der Waals surface area contributed by atoms with Gasteiger partial charge in [0.2, 0.25) is 0 Å². The van der Waals surface area contributed by atoms with Gasteiger partial charge in [0.25, 0.3) is 0 Å². The highest BCUT2D eigenvalue weighted by Crippen LogP contribution is 2.16. The summed E-state index contributed by atoms with van der Waals surface area (Å²) in [7, 11) is 1.48. The zero-order valence-electron chi connectivity index (χ0n) is 11.3. The minimum Gasteiger partial charge on any atom is -0.495 e. The van der Waals surface area contributed by atoms with Crippen LogP contribution in [0, 0.1) is 0 Å². The first-order valence-electron chi connectivity index (χ1n) is 6.15. The lowest BCUT2D eigenvalue weighted by molar-refractivity contribution is -0.132. The number of pyridine rings is 1. The number of benzene rings is 1. The summed E-state index contributed by atoms with van der Waals surface area (Å²) < 4.78 is 5.02. The number of rotatable bonds is 5. The molecule has 0 spiro atoms. The van der Waals surface area contributed by atoms with Crippen molar-refractivity contribution >= 4 is 17.8 Å². The van der Waals surface area contributed by atoms with E-state index in [1.54, 1.807) is 36.4 Å². The lowest BCUT2D eigenvalue weighted by Crippen LogP contribution is -2.12. The van der Waals surface area contributed by atoms with Gasteiger partial charge in [-0.15, -0.1) is 0 Å². The van der Waals surface area contributed by atoms with Crippen LogP contribution in [0.4, 0.5) is 0 Å². The summed E-state index contributed by atoms with van der Waals surface area (Å²) in [5.74, 6) is -1.35. The number of aromatic nitrogens is 1. The van der Waals surface area contributed by atoms with Crippen molar-refractivity contribution in [1.29, 1.82) is 0 Å². The molecule has 1 heterocycles. The summed E-state index contributed by atoms with van der Waals surface area (Å²) in [6.07, 6.45) is 4.24. The Bertz CT molecular complexity index is 692. The first kappa shape index (κ1) is 14.5. The lowest BCUT2D eigenvalue weighted by atomic mass is 10.0. The van der Waals surface area contributed by atoms with Crippen molar-refractivity contribution in [1.82, 2.24) is 4.98 Å². The summed E-state index contributed by atoms with van der Waals surface area (Å²) in [6.45, 7) is 0. The van der Waals surface area contributed by atoms with Gasteiger partial charge in [0.1, 0.15) is 11.3 Å². The van der Waals surface area contributed by atoms with Gasteiger partial charge in [0.15, 0.2) is 5.78 Å². The number of carboxylic acid groups (broad SMARTS) is 1. The number of carboxylic acids is 1. The number of hydrogen-bond acceptors (Lipinski definition) is 4. The van der Waals surface area contributed by atoms with E-state index in [0.717, 1.165) is 0 Å². The van der Waals surface area contributed by atoms with E-state index in [0.29, 0.717) is 16.9 Å². The highest BCUT2D eigenvalue weighted by atomic mass is 16.5. The van der Waals surface area contributed by atoms with Crippen LogP contribution in [0.3, 0.4) is 0 Å². The first-order valence-corrected chi connectivity index (χ1v) is 6.15. The van der Waals surface area contributed by atoms with Gasteiger partial charge in [-0.25, -0.2) is 4.79 Å². The molecule has 2 rings (SSSR count). The third-order valence-corrected chi connectivity index (χ3v) is 2.79. The molecule has 1 aromatic carbocycles. The molecule has 5 nitrogen and oxygen atoms in total. The van der Waals surface area contributed by atoms with Crippen LogP contribution < -0.4 is 4.74 Å². The van der Waals surface area contributed by atoms with Crippen LogP contribution >= 0.6 is 0 Å². The van der Waals surface area contributed by atoms with E-state index in [9.17, 15) is 14.7 Å². The van der Waals surface area contributed by atoms with Crippen molar-refractivity contribution in [2.75, 3.05) is 7.11 Å². The van der Waals surface area contributed by atoms with Crippen molar-refractivity contribution in [3.05, 3.63) is 65.5 Å². The SMILES string of the molecule is COc1cncc(/C=C(\C(=O)O)C(=O)c2ccccc2)c1. The molecular weight excluding hydrogens is 270 g/mol. The van der Waals surface area contributed by atoms with Gasteiger partial charge in [-0.1, -0.05) is 30.3 Å². The third-order valence-electron chi connectivity index (χ3n) is 2.79. The minimum atomic E-state index is -1.29. The number of carbonyl (C=O) groups excluding carboxylic acids is 1. The quantitative estimate of drug-likeness (QED) is 0.395. The second-order valence-electron chi connectivity index (χ2n) is 4.22. The Kier molecular flexibility index (Phi) is 4.46. The molecule has 2 aromatic rings. The molecule has 0 aliphatic carbocycles. The van der Waals surface area contributed by atoms with E-state index in [2.05, 4.69) is 4.98 Å². The fourth-order valence-electron chi connectivity index (χ4n) is 1.76. The largest absolute Gasteiger partial charge is 0.495 e. The highest BCUT2D eigenvalue weighted by molar-refractivity contribution is 6.26. The van der Waals surface area contributed by atoms with Crippen LogP contribution in [0.25, 0.3) is 6.08 Å². The fraction of sp³-hybridized carbons (Fsp3) is 0.0625. The highest BCUT2D eigenvalue weighted by Gasteiger charge is 2.19. The summed E-state index contributed by atoms with van der Waals surface area (Å²) in [5, 5.41) is 9.25. The Labute approximate surface area is 121 Å². The van der Waals surface area contributed by atoms with Crippen LogP contribution in [-0.4, -0.2) is 29.0 Å². The average Bonchev–Trinajstić information content (AvgIpc) is 2.52. The smallest absolute Gasteiger partial charge is 0.339 e. The molecule has 0 amide bonds. The number of hydrogen-bond donors (Lipinski definition) is 1. The van der Waals surface area contributed by atoms with Crippen molar-refractivity contribution in [3.8, 4) is 5.75 Å². The van der Waals surface area contributed by atoms with Gasteiger partial charge in [0, 0.05) is 11.8 Å². The van der Waals surface area contributed by atoms with E-state index in [1.165, 1.54) is 25.6 Å². The molecule has 21 heavy (non-hydrogen) atoms. The summed E-state index contributed by atoms with van der Waals surface area (Å²) in [5.41, 5.74) is 0.481. The molecule has 1 N–H and O–H groups in total. The molecule has 5 heteroatoms. The molecule has 0 radical (unpaired) electrons. The molecule has 0 bridgehead atoms. The number of nitrogens with zero attached hydrogens (tertiary/aromatic N) is 1. The second-order valence-corrected chi connectivity index (χ2v) is 4.22. The molecule has 0 atom stereocenters. The van der Waals surface area contributed by atoms with E-state index in [4.69, 9.17) is 4.74 Å². The van der Waals surface area contributed by atoms with Crippen molar-refractivity contribution < 1.29 is 19.4 Å². The monoisotopic (exact) mass is 283 g/mol. The van der Waals surface area contributed by atoms with E-state index in [1.807, 2.05) is 0 Å². The van der Waals surface area contributed by atoms with Gasteiger partial charge < -0.3 is 9.84 Å². The van der Waals surface area contributed by atoms with Crippen LogP contribution in [0.1, 0.15) is 15.9 Å². The molecule has 0 saturated heterocycles. The molecule has 0 saturated carbocycles. The fourth-order valence-corrected chi connectivity index (χ4v) is 1.76. The lowest BCUT2D eigenvalue weighted by Gasteiger charge is -2.03. The van der Waals surface area contributed by atoms with E-state index in [-0.39, 0.29) is 5.57 Å². The standard InChI is InChI=1S/C16H13NO4/c1-21-13-7-11(9-17-10-13)8-14(16(19)20)15(18)12-5-3-2-4-6-12/h2-10H,1H3,(H,19,20)/b14-8-. The predicted octanol–water partition coefficient (Wildman–Crippen LogP) is 2.44. The average molecular weight is 283 g/mol. The van der Waals surface area contributed by atoms with Crippen LogP contribution in [0.15, 0.2) is 54.4 Å². The van der Waals surface area contributed by atoms with Crippen molar-refractivity contribution in [3.63, 3.8) is 0 Å². The number of ether oxygens (including phenoxy) is 1. The van der Waals surface area contributed by atoms with Gasteiger partial charge in [-0.05, 0) is 17.7 Å². The molecular formula is C16H13NO4. The maximum Gasteiger partial charge on any atom is 0.339 e. The van der Waals surface area contributed by atoms with Crippen LogP contribution in [0.5, 0.6) is 5.75 Å². The Morgan fingerprint density at radius 2 is 1.90 bits per heavy atom. The Morgan fingerprint density at radius 3 is 2.52 bits per heavy atom. The van der Waals surface area contributed by atoms with Gasteiger partial charge >= 0.3 is 5.97 Å². The minimum absolute atomic E-state index is 0.321. The molecule has 106 valence electrons. The molecule has 1 aromatic heterocycles. The van der Waals surface area contributed by atoms with E-state index >= 15 is 0 Å². The van der Waals surface area contributed by atoms with Gasteiger partial charge in [-0.2, -0.15) is 0 Å². The number of carbonyl (C=O) groups is 2. The molecule has 0 aliphatic heterocycles. The Morgan fingerprint density at radius 1 is 1.19 bits per heavy atom. The number of ketones is 1. The summed E-state index contributed by atoms with van der Waals surface area (Å²) in [4.78, 5) is 27.5. The second kappa shape index (κ2) is 6.47. The summed E-state index contributed by atoms with van der Waals surface area (Å²) >= 11 is 0. The molecule has 0 aliphatic rings. The zero-order valence-corrected chi connectivity index (χ0v) is 11.3.